The van der Waals surface area contributed by atoms with Crippen LogP contribution in [0.5, 0.6) is 0 Å². The van der Waals surface area contributed by atoms with Crippen molar-refractivity contribution in [2.75, 3.05) is 19.6 Å². The third kappa shape index (κ3) is 8.14. The molecule has 42 heavy (non-hydrogen) atoms. The Labute approximate surface area is 240 Å². The number of rotatable bonds is 8. The molecule has 5 rings (SSSR count). The Morgan fingerprint density at radius 1 is 1.10 bits per heavy atom. The van der Waals surface area contributed by atoms with Gasteiger partial charge in [0.15, 0.2) is 0 Å². The molecule has 226 valence electrons. The van der Waals surface area contributed by atoms with Crippen LogP contribution in [0.15, 0.2) is 47.1 Å². The lowest BCUT2D eigenvalue weighted by Gasteiger charge is -2.32. The van der Waals surface area contributed by atoms with E-state index in [1.807, 2.05) is 19.9 Å². The molecule has 13 heteroatoms. The molecule has 0 bridgehead atoms. The van der Waals surface area contributed by atoms with Crippen LogP contribution in [0, 0.1) is 19.8 Å². The van der Waals surface area contributed by atoms with Crippen molar-refractivity contribution >= 4 is 11.9 Å². The maximum absolute atomic E-state index is 11.4. The molecule has 10 nitrogen and oxygen atoms in total. The van der Waals surface area contributed by atoms with Crippen LogP contribution < -0.4 is 10.8 Å². The van der Waals surface area contributed by atoms with Gasteiger partial charge in [0.25, 0.3) is 5.91 Å². The van der Waals surface area contributed by atoms with E-state index >= 15 is 0 Å². The summed E-state index contributed by atoms with van der Waals surface area (Å²) in [5.74, 6) is -1.11. The molecule has 2 fully saturated rings. The van der Waals surface area contributed by atoms with E-state index in [1.54, 1.807) is 11.5 Å². The van der Waals surface area contributed by atoms with Crippen LogP contribution in [0.2, 0.25) is 0 Å². The van der Waals surface area contributed by atoms with Crippen molar-refractivity contribution in [1.29, 1.82) is 0 Å². The van der Waals surface area contributed by atoms with Crippen molar-refractivity contribution in [2.24, 2.45) is 5.92 Å². The minimum atomic E-state index is -5.08. The van der Waals surface area contributed by atoms with E-state index in [2.05, 4.69) is 44.6 Å². The van der Waals surface area contributed by atoms with Gasteiger partial charge >= 0.3 is 12.1 Å². The summed E-state index contributed by atoms with van der Waals surface area (Å²) in [7, 11) is 0. The third-order valence-electron chi connectivity index (χ3n) is 7.64. The van der Waals surface area contributed by atoms with Crippen molar-refractivity contribution in [3.63, 3.8) is 0 Å². The maximum atomic E-state index is 11.4. The summed E-state index contributed by atoms with van der Waals surface area (Å²) in [6, 6.07) is 13.0. The molecule has 1 aromatic carbocycles. The summed E-state index contributed by atoms with van der Waals surface area (Å²) in [5.41, 5.74) is 7.55. The van der Waals surface area contributed by atoms with E-state index in [0.717, 1.165) is 48.9 Å². The quantitative estimate of drug-likeness (QED) is 0.221. The van der Waals surface area contributed by atoms with E-state index < -0.39 is 18.1 Å². The van der Waals surface area contributed by atoms with Crippen LogP contribution in [-0.4, -0.2) is 69.1 Å². The first-order valence-electron chi connectivity index (χ1n) is 13.6. The van der Waals surface area contributed by atoms with Crippen molar-refractivity contribution in [2.45, 2.75) is 57.8 Å². The number of carboxylic acid groups (broad SMARTS) is 1. The molecule has 0 spiro atoms. The lowest BCUT2D eigenvalue weighted by atomic mass is 9.96. The number of hydroxylamine groups is 1. The number of piperidine rings is 1. The van der Waals surface area contributed by atoms with Crippen molar-refractivity contribution < 1.29 is 37.6 Å². The first kappa shape index (κ1) is 31.1. The first-order valence-corrected chi connectivity index (χ1v) is 13.6. The highest BCUT2D eigenvalue weighted by Crippen LogP contribution is 2.42. The Kier molecular flexibility index (Phi) is 9.97. The van der Waals surface area contributed by atoms with E-state index in [9.17, 15) is 18.0 Å². The average molecular weight is 590 g/mol. The summed E-state index contributed by atoms with van der Waals surface area (Å²) in [6.07, 6.45) is -0.00353. The summed E-state index contributed by atoms with van der Waals surface area (Å²) in [4.78, 5) is 27.1. The minimum Gasteiger partial charge on any atom is -0.475 e. The van der Waals surface area contributed by atoms with Gasteiger partial charge in [-0.25, -0.2) is 10.3 Å². The van der Waals surface area contributed by atoms with Crippen LogP contribution in [0.1, 0.15) is 58.2 Å². The third-order valence-corrected chi connectivity index (χ3v) is 7.64. The maximum Gasteiger partial charge on any atom is 0.490 e. The standard InChI is InChI=1S/C27H33N5O3.C2HF3O2/c1-17-26(18(2)35-31-17)21-5-3-20(4-6-21)24-13-25(24)29-14-19-9-11-32(12-10-19)16-23-8-7-22(15-28-23)27(33)30-34;3-2(4,5)1(6)7/h3-8,15,19,24-25,29,34H,9-14,16H2,1-2H3,(H,30,33);(H,6,7). The second-order valence-electron chi connectivity index (χ2n) is 10.7. The number of benzene rings is 1. The van der Waals surface area contributed by atoms with E-state index in [0.29, 0.717) is 23.4 Å². The summed E-state index contributed by atoms with van der Waals surface area (Å²) in [5, 5.41) is 23.7. The Hall–Kier alpha value is -3.81. The number of likely N-dealkylation sites (tertiary alicyclic amines) is 1. The van der Waals surface area contributed by atoms with Crippen LogP contribution in [0.4, 0.5) is 13.2 Å². The smallest absolute Gasteiger partial charge is 0.475 e. The normalized spacial score (nSPS) is 19.1. The SMILES string of the molecule is Cc1noc(C)c1-c1ccc(C2CC2NCC2CCN(Cc3ccc(C(=O)NO)cn3)CC2)cc1.O=C(O)C(F)(F)F. The number of aromatic nitrogens is 2. The van der Waals surface area contributed by atoms with Crippen LogP contribution in [0.25, 0.3) is 11.1 Å². The molecule has 2 aliphatic rings. The number of amides is 1. The number of hydrogen-bond donors (Lipinski definition) is 4. The van der Waals surface area contributed by atoms with Crippen molar-refractivity contribution in [3.05, 3.63) is 70.9 Å². The molecule has 3 heterocycles. The summed E-state index contributed by atoms with van der Waals surface area (Å²) in [6.45, 7) is 7.93. The van der Waals surface area contributed by atoms with Gasteiger partial charge in [0, 0.05) is 30.3 Å². The molecule has 1 aliphatic carbocycles. The van der Waals surface area contributed by atoms with Gasteiger partial charge in [-0.3, -0.25) is 19.9 Å². The van der Waals surface area contributed by atoms with Gasteiger partial charge in [-0.15, -0.1) is 0 Å². The van der Waals surface area contributed by atoms with Gasteiger partial charge in [0.05, 0.1) is 17.0 Å². The number of pyridine rings is 1. The van der Waals surface area contributed by atoms with Gasteiger partial charge < -0.3 is 14.9 Å². The van der Waals surface area contributed by atoms with Crippen LogP contribution in [-0.2, 0) is 11.3 Å². The van der Waals surface area contributed by atoms with E-state index in [-0.39, 0.29) is 0 Å². The summed E-state index contributed by atoms with van der Waals surface area (Å²) >= 11 is 0. The monoisotopic (exact) mass is 589 g/mol. The van der Waals surface area contributed by atoms with Crippen molar-refractivity contribution in [1.82, 2.24) is 25.8 Å². The number of hydrogen-bond acceptors (Lipinski definition) is 8. The van der Waals surface area contributed by atoms with Gasteiger partial charge in [0.1, 0.15) is 5.76 Å². The fourth-order valence-electron chi connectivity index (χ4n) is 5.19. The average Bonchev–Trinajstić information content (AvgIpc) is 3.68. The van der Waals surface area contributed by atoms with E-state index in [1.165, 1.54) is 36.6 Å². The van der Waals surface area contributed by atoms with E-state index in [4.69, 9.17) is 19.6 Å². The fourth-order valence-corrected chi connectivity index (χ4v) is 5.19. The van der Waals surface area contributed by atoms with Gasteiger partial charge in [0.2, 0.25) is 0 Å². The Morgan fingerprint density at radius 2 is 1.76 bits per heavy atom. The number of halogens is 3. The molecule has 2 aromatic heterocycles. The zero-order chi connectivity index (χ0) is 30.4. The Morgan fingerprint density at radius 3 is 2.29 bits per heavy atom. The lowest BCUT2D eigenvalue weighted by molar-refractivity contribution is -0.192. The highest BCUT2D eigenvalue weighted by atomic mass is 19.4. The number of nitrogens with zero attached hydrogens (tertiary/aromatic N) is 3. The molecule has 0 radical (unpaired) electrons. The topological polar surface area (TPSA) is 141 Å². The predicted molar refractivity (Wildman–Crippen MR) is 146 cm³/mol. The molecule has 2 atom stereocenters. The largest absolute Gasteiger partial charge is 0.490 e. The molecule has 1 amide bonds. The number of carbonyl (C=O) groups is 2. The Bertz CT molecular complexity index is 1330. The summed E-state index contributed by atoms with van der Waals surface area (Å²) < 4.78 is 37.0. The van der Waals surface area contributed by atoms with Gasteiger partial charge in [-0.05, 0) is 81.9 Å². The van der Waals surface area contributed by atoms with Crippen LogP contribution >= 0.6 is 0 Å². The number of nitrogens with one attached hydrogen (secondary N) is 2. The number of aryl methyl sites for hydroxylation is 2. The second kappa shape index (κ2) is 13.4. The highest BCUT2D eigenvalue weighted by Gasteiger charge is 2.39. The highest BCUT2D eigenvalue weighted by molar-refractivity contribution is 5.92. The zero-order valence-corrected chi connectivity index (χ0v) is 23.3. The number of alkyl halides is 3. The first-order chi connectivity index (χ1) is 20.0. The molecular weight excluding hydrogens is 555 g/mol. The predicted octanol–water partition coefficient (Wildman–Crippen LogP) is 4.46. The van der Waals surface area contributed by atoms with Crippen molar-refractivity contribution in [3.8, 4) is 11.1 Å². The molecule has 1 aliphatic heterocycles. The van der Waals surface area contributed by atoms with Crippen LogP contribution in [0.3, 0.4) is 0 Å². The second-order valence-corrected chi connectivity index (χ2v) is 10.7. The van der Waals surface area contributed by atoms with Gasteiger partial charge in [-0.2, -0.15) is 13.2 Å². The number of carboxylic acids is 1. The molecule has 4 N–H and O–H groups in total. The minimum absolute atomic E-state index is 0.357. The molecular formula is C29H34F3N5O5. The Balaban J connectivity index is 0.000000517. The molecule has 3 aromatic rings. The fraction of sp³-hybridized carbons (Fsp3) is 0.448. The number of carbonyl (C=O) groups excluding carboxylic acids is 1. The zero-order valence-electron chi connectivity index (χ0n) is 23.3. The molecule has 2 unspecified atom stereocenters. The van der Waals surface area contributed by atoms with Gasteiger partial charge in [-0.1, -0.05) is 29.4 Å². The lowest BCUT2D eigenvalue weighted by Crippen LogP contribution is -2.37. The number of aliphatic carboxylic acids is 1. The molecule has 1 saturated carbocycles. The molecule has 1 saturated heterocycles.